The van der Waals surface area contributed by atoms with Crippen LogP contribution in [0.25, 0.3) is 21.7 Å². The summed E-state index contributed by atoms with van der Waals surface area (Å²) < 4.78 is 24.7. The van der Waals surface area contributed by atoms with Crippen LogP contribution in [0.5, 0.6) is 23.0 Å². The summed E-state index contributed by atoms with van der Waals surface area (Å²) in [6, 6.07) is 21.5. The number of pyridine rings is 1. The fourth-order valence-corrected chi connectivity index (χ4v) is 3.72. The van der Waals surface area contributed by atoms with E-state index in [9.17, 15) is 14.3 Å². The van der Waals surface area contributed by atoms with E-state index < -0.39 is 11.7 Å². The molecule has 182 valence electrons. The highest BCUT2D eigenvalue weighted by molar-refractivity contribution is 6.05. The third kappa shape index (κ3) is 5.20. The van der Waals surface area contributed by atoms with E-state index in [2.05, 4.69) is 10.3 Å². The number of phenols is 1. The maximum Gasteiger partial charge on any atom is 0.255 e. The quantitative estimate of drug-likeness (QED) is 0.273. The molecule has 4 aromatic carbocycles. The molecule has 0 aliphatic heterocycles. The first-order valence-corrected chi connectivity index (χ1v) is 11.4. The number of carbonyl (C=O) groups excluding carboxylic acids is 1. The molecule has 0 spiro atoms. The maximum absolute atomic E-state index is 13.4. The third-order valence-electron chi connectivity index (χ3n) is 5.39. The summed E-state index contributed by atoms with van der Waals surface area (Å²) in [7, 11) is 1.48. The van der Waals surface area contributed by atoms with Gasteiger partial charge in [-0.1, -0.05) is 32.0 Å². The van der Waals surface area contributed by atoms with Gasteiger partial charge in [0.2, 0.25) is 0 Å². The SMILES string of the molecule is CC.COc1cc2nccc(Oc3ccc4ccc(NC(=O)c5cccc(F)c5)cc4c3)c2cc1O. The number of fused-ring (bicyclic) bond motifs is 2. The van der Waals surface area contributed by atoms with E-state index in [1.54, 1.807) is 36.5 Å². The zero-order chi connectivity index (χ0) is 25.7. The van der Waals surface area contributed by atoms with Gasteiger partial charge in [-0.3, -0.25) is 9.78 Å². The Morgan fingerprint density at radius 3 is 2.50 bits per heavy atom. The van der Waals surface area contributed by atoms with E-state index in [0.717, 1.165) is 10.8 Å². The van der Waals surface area contributed by atoms with Crippen LogP contribution in [-0.4, -0.2) is 23.1 Å². The number of phenolic OH excluding ortho intramolecular Hbond substituents is 1. The second kappa shape index (κ2) is 10.7. The van der Waals surface area contributed by atoms with Crippen molar-refractivity contribution >= 4 is 33.3 Å². The lowest BCUT2D eigenvalue weighted by atomic mass is 10.1. The number of halogens is 1. The molecule has 0 fully saturated rings. The Bertz CT molecular complexity index is 1550. The van der Waals surface area contributed by atoms with E-state index in [1.807, 2.05) is 44.2 Å². The second-order valence-corrected chi connectivity index (χ2v) is 7.64. The summed E-state index contributed by atoms with van der Waals surface area (Å²) in [5, 5.41) is 15.4. The van der Waals surface area contributed by atoms with E-state index in [4.69, 9.17) is 9.47 Å². The first-order valence-electron chi connectivity index (χ1n) is 11.4. The first kappa shape index (κ1) is 24.5. The normalized spacial score (nSPS) is 10.4. The van der Waals surface area contributed by atoms with Crippen molar-refractivity contribution < 1.29 is 23.8 Å². The molecule has 6 nitrogen and oxygen atoms in total. The van der Waals surface area contributed by atoms with Crippen LogP contribution in [0.3, 0.4) is 0 Å². The highest BCUT2D eigenvalue weighted by Gasteiger charge is 2.11. The summed E-state index contributed by atoms with van der Waals surface area (Å²) in [5.74, 6) is 0.551. The number of hydrogen-bond acceptors (Lipinski definition) is 5. The van der Waals surface area contributed by atoms with Crippen molar-refractivity contribution in [2.45, 2.75) is 13.8 Å². The molecule has 5 aromatic rings. The van der Waals surface area contributed by atoms with Crippen molar-refractivity contribution in [2.75, 3.05) is 12.4 Å². The van der Waals surface area contributed by atoms with Crippen LogP contribution < -0.4 is 14.8 Å². The van der Waals surface area contributed by atoms with Gasteiger partial charge in [0.1, 0.15) is 17.3 Å². The molecule has 0 unspecified atom stereocenters. The second-order valence-electron chi connectivity index (χ2n) is 7.64. The first-order chi connectivity index (χ1) is 17.5. The number of hydrogen-bond donors (Lipinski definition) is 2. The molecule has 0 atom stereocenters. The highest BCUT2D eigenvalue weighted by atomic mass is 19.1. The average molecular weight is 485 g/mol. The number of carbonyl (C=O) groups is 1. The van der Waals surface area contributed by atoms with Crippen molar-refractivity contribution in [3.8, 4) is 23.0 Å². The van der Waals surface area contributed by atoms with Gasteiger partial charge < -0.3 is 19.9 Å². The molecule has 5 rings (SSSR count). The molecule has 36 heavy (non-hydrogen) atoms. The Hall–Kier alpha value is -4.65. The standard InChI is InChI=1S/C27H19FN2O4.C2H6/c1-33-26-15-23-22(14-24(26)31)25(9-10-29-23)34-21-8-6-16-5-7-20(12-18(16)13-21)30-27(32)17-3-2-4-19(28)11-17;1-2/h2-15,31H,1H3,(H,30,32);1-2H3. The van der Waals surface area contributed by atoms with Crippen molar-refractivity contribution in [3.05, 3.63) is 96.4 Å². The van der Waals surface area contributed by atoms with Crippen LogP contribution in [0.2, 0.25) is 0 Å². The van der Waals surface area contributed by atoms with Crippen molar-refractivity contribution in [3.63, 3.8) is 0 Å². The predicted molar refractivity (Wildman–Crippen MR) is 140 cm³/mol. The maximum atomic E-state index is 13.4. The minimum Gasteiger partial charge on any atom is -0.504 e. The number of nitrogens with one attached hydrogen (secondary N) is 1. The summed E-state index contributed by atoms with van der Waals surface area (Å²) in [5.41, 5.74) is 1.43. The lowest BCUT2D eigenvalue weighted by Gasteiger charge is -2.12. The molecule has 0 saturated heterocycles. The molecule has 2 N–H and O–H groups in total. The van der Waals surface area contributed by atoms with Gasteiger partial charge in [-0.05, 0) is 65.4 Å². The van der Waals surface area contributed by atoms with Crippen LogP contribution >= 0.6 is 0 Å². The monoisotopic (exact) mass is 484 g/mol. The van der Waals surface area contributed by atoms with Crippen LogP contribution in [-0.2, 0) is 0 Å². The fraction of sp³-hybridized carbons (Fsp3) is 0.103. The number of anilines is 1. The number of rotatable bonds is 5. The van der Waals surface area contributed by atoms with Crippen molar-refractivity contribution in [2.24, 2.45) is 0 Å². The predicted octanol–water partition coefficient (Wildman–Crippen LogP) is 7.31. The third-order valence-corrected chi connectivity index (χ3v) is 5.39. The van der Waals surface area contributed by atoms with Gasteiger partial charge in [-0.25, -0.2) is 4.39 Å². The molecule has 1 heterocycles. The zero-order valence-electron chi connectivity index (χ0n) is 20.1. The number of aromatic hydroxyl groups is 1. The van der Waals surface area contributed by atoms with Crippen molar-refractivity contribution in [1.82, 2.24) is 4.98 Å². The Morgan fingerprint density at radius 2 is 1.72 bits per heavy atom. The van der Waals surface area contributed by atoms with Crippen LogP contribution in [0, 0.1) is 5.82 Å². The minimum absolute atomic E-state index is 0.00922. The largest absolute Gasteiger partial charge is 0.504 e. The molecule has 1 amide bonds. The molecule has 0 radical (unpaired) electrons. The Morgan fingerprint density at radius 1 is 0.917 bits per heavy atom. The molecule has 1 aromatic heterocycles. The summed E-state index contributed by atoms with van der Waals surface area (Å²) in [6.07, 6.45) is 1.62. The van der Waals surface area contributed by atoms with Gasteiger partial charge in [0.05, 0.1) is 12.6 Å². The van der Waals surface area contributed by atoms with Crippen LogP contribution in [0.4, 0.5) is 10.1 Å². The van der Waals surface area contributed by atoms with Crippen molar-refractivity contribution in [1.29, 1.82) is 0 Å². The number of nitrogens with zero attached hydrogens (tertiary/aromatic N) is 1. The summed E-state index contributed by atoms with van der Waals surface area (Å²) in [6.45, 7) is 4.00. The number of benzene rings is 4. The van der Waals surface area contributed by atoms with Gasteiger partial charge in [-0.15, -0.1) is 0 Å². The topological polar surface area (TPSA) is 80.7 Å². The molecule has 0 saturated carbocycles. The molecule has 0 bridgehead atoms. The van der Waals surface area contributed by atoms with E-state index in [0.29, 0.717) is 33.8 Å². The molecule has 0 aliphatic rings. The van der Waals surface area contributed by atoms with Gasteiger partial charge in [-0.2, -0.15) is 0 Å². The number of ether oxygens (including phenoxy) is 2. The summed E-state index contributed by atoms with van der Waals surface area (Å²) >= 11 is 0. The molecular formula is C29H25FN2O4. The Labute approximate surface area is 207 Å². The van der Waals surface area contributed by atoms with E-state index >= 15 is 0 Å². The smallest absolute Gasteiger partial charge is 0.255 e. The highest BCUT2D eigenvalue weighted by Crippen LogP contribution is 2.37. The Balaban J connectivity index is 0.00000148. The van der Waals surface area contributed by atoms with E-state index in [1.165, 1.54) is 25.3 Å². The number of methoxy groups -OCH3 is 1. The minimum atomic E-state index is -0.469. The van der Waals surface area contributed by atoms with Gasteiger partial charge in [0, 0.05) is 28.9 Å². The lowest BCUT2D eigenvalue weighted by Crippen LogP contribution is -2.11. The molecule has 7 heteroatoms. The molecular weight excluding hydrogens is 459 g/mol. The number of aromatic nitrogens is 1. The molecule has 0 aliphatic carbocycles. The van der Waals surface area contributed by atoms with E-state index in [-0.39, 0.29) is 11.3 Å². The Kier molecular flexibility index (Phi) is 7.30. The van der Waals surface area contributed by atoms with Gasteiger partial charge in [0.15, 0.2) is 11.5 Å². The summed E-state index contributed by atoms with van der Waals surface area (Å²) in [4.78, 5) is 16.8. The van der Waals surface area contributed by atoms with Gasteiger partial charge in [0.25, 0.3) is 5.91 Å². The zero-order valence-corrected chi connectivity index (χ0v) is 20.1. The number of amides is 1. The average Bonchev–Trinajstić information content (AvgIpc) is 2.89. The van der Waals surface area contributed by atoms with Crippen LogP contribution in [0.15, 0.2) is 85.1 Å². The van der Waals surface area contributed by atoms with Gasteiger partial charge >= 0.3 is 0 Å². The fourth-order valence-electron chi connectivity index (χ4n) is 3.72. The van der Waals surface area contributed by atoms with Crippen LogP contribution in [0.1, 0.15) is 24.2 Å². The lowest BCUT2D eigenvalue weighted by molar-refractivity contribution is 0.102.